The van der Waals surface area contributed by atoms with Gasteiger partial charge in [0.1, 0.15) is 0 Å². The number of benzene rings is 1. The molecule has 3 unspecified atom stereocenters. The van der Waals surface area contributed by atoms with E-state index in [1.165, 1.54) is 12.1 Å². The Morgan fingerprint density at radius 3 is 2.95 bits per heavy atom. The van der Waals surface area contributed by atoms with Crippen molar-refractivity contribution >= 4 is 23.0 Å². The predicted octanol–water partition coefficient (Wildman–Crippen LogP) is 3.86. The lowest BCUT2D eigenvalue weighted by Crippen LogP contribution is -2.67. The summed E-state index contributed by atoms with van der Waals surface area (Å²) in [7, 11) is 0. The van der Waals surface area contributed by atoms with Crippen molar-refractivity contribution in [2.75, 3.05) is 11.9 Å². The molecule has 1 saturated carbocycles. The molecule has 5 nitrogen and oxygen atoms in total. The Labute approximate surface area is 128 Å². The van der Waals surface area contributed by atoms with E-state index in [4.69, 9.17) is 16.3 Å². The van der Waals surface area contributed by atoms with E-state index >= 15 is 0 Å². The van der Waals surface area contributed by atoms with Crippen LogP contribution >= 0.6 is 11.6 Å². The first-order valence-corrected chi connectivity index (χ1v) is 7.61. The molecule has 0 aromatic heterocycles. The Morgan fingerprint density at radius 2 is 2.24 bits per heavy atom. The summed E-state index contributed by atoms with van der Waals surface area (Å²) in [5.74, 6) is 0.448. The van der Waals surface area contributed by atoms with Gasteiger partial charge in [-0.2, -0.15) is 0 Å². The Bertz CT molecular complexity index is 576. The summed E-state index contributed by atoms with van der Waals surface area (Å²) in [6, 6.07) is 4.73. The van der Waals surface area contributed by atoms with Gasteiger partial charge in [0.15, 0.2) is 0 Å². The summed E-state index contributed by atoms with van der Waals surface area (Å²) in [6.07, 6.45) is 2.46. The Morgan fingerprint density at radius 1 is 1.48 bits per heavy atom. The van der Waals surface area contributed by atoms with Crippen molar-refractivity contribution in [2.24, 2.45) is 11.3 Å². The van der Waals surface area contributed by atoms with Crippen molar-refractivity contribution in [1.29, 1.82) is 0 Å². The van der Waals surface area contributed by atoms with Gasteiger partial charge in [0, 0.05) is 36.1 Å². The van der Waals surface area contributed by atoms with E-state index in [1.54, 1.807) is 6.07 Å². The summed E-state index contributed by atoms with van der Waals surface area (Å²) in [4.78, 5) is 10.5. The first kappa shape index (κ1) is 14.6. The normalized spacial score (nSPS) is 30.1. The molecule has 0 amide bonds. The topological polar surface area (TPSA) is 64.4 Å². The zero-order valence-corrected chi connectivity index (χ0v) is 12.9. The van der Waals surface area contributed by atoms with Crippen LogP contribution in [0.2, 0.25) is 5.02 Å². The molecule has 114 valence electrons. The maximum absolute atomic E-state index is 10.9. The van der Waals surface area contributed by atoms with E-state index < -0.39 is 4.92 Å². The lowest BCUT2D eigenvalue weighted by molar-refractivity contribution is -0.384. The quantitative estimate of drug-likeness (QED) is 0.680. The highest BCUT2D eigenvalue weighted by Gasteiger charge is 2.58. The molecule has 0 spiro atoms. The summed E-state index contributed by atoms with van der Waals surface area (Å²) in [5, 5.41) is 14.8. The molecule has 1 aromatic rings. The number of fused-ring (bicyclic) bond motifs is 1. The standard InChI is InChI=1S/C15H19ClN2O3/c1-15(2)13(10-4-3-7-21-14(10)15)17-12-8-9(18(19)20)5-6-11(12)16/h5-6,8,10,13-14,17H,3-4,7H2,1-2H3. The number of nitrogens with one attached hydrogen (secondary N) is 1. The van der Waals surface area contributed by atoms with Crippen LogP contribution in [0.3, 0.4) is 0 Å². The number of nitro benzene ring substituents is 1. The summed E-state index contributed by atoms with van der Waals surface area (Å²) < 4.78 is 5.87. The van der Waals surface area contributed by atoms with Gasteiger partial charge in [0.25, 0.3) is 5.69 Å². The monoisotopic (exact) mass is 310 g/mol. The molecule has 21 heavy (non-hydrogen) atoms. The smallest absolute Gasteiger partial charge is 0.271 e. The SMILES string of the molecule is CC1(C)C(Nc2cc([N+](=O)[O-])ccc2Cl)C2CCCOC21. The molecule has 1 aliphatic carbocycles. The molecule has 1 saturated heterocycles. The van der Waals surface area contributed by atoms with Crippen LogP contribution in [0.5, 0.6) is 0 Å². The first-order valence-electron chi connectivity index (χ1n) is 7.23. The molecule has 3 rings (SSSR count). The van der Waals surface area contributed by atoms with Crippen LogP contribution in [-0.4, -0.2) is 23.7 Å². The molecule has 0 radical (unpaired) electrons. The molecule has 1 N–H and O–H groups in total. The minimum atomic E-state index is -0.403. The summed E-state index contributed by atoms with van der Waals surface area (Å²) in [5.41, 5.74) is 0.683. The second-order valence-corrected chi connectivity index (χ2v) is 6.87. The summed E-state index contributed by atoms with van der Waals surface area (Å²) in [6.45, 7) is 5.17. The highest BCUT2D eigenvalue weighted by atomic mass is 35.5. The molecule has 6 heteroatoms. The van der Waals surface area contributed by atoms with Gasteiger partial charge in [-0.25, -0.2) is 0 Å². The molecule has 1 aliphatic heterocycles. The number of rotatable bonds is 3. The van der Waals surface area contributed by atoms with Crippen LogP contribution in [0.15, 0.2) is 18.2 Å². The molecule has 1 heterocycles. The van der Waals surface area contributed by atoms with Crippen molar-refractivity contribution < 1.29 is 9.66 Å². The van der Waals surface area contributed by atoms with E-state index in [2.05, 4.69) is 19.2 Å². The van der Waals surface area contributed by atoms with Gasteiger partial charge in [-0.3, -0.25) is 10.1 Å². The molecule has 0 bridgehead atoms. The van der Waals surface area contributed by atoms with Gasteiger partial charge in [0.2, 0.25) is 0 Å². The van der Waals surface area contributed by atoms with Gasteiger partial charge < -0.3 is 10.1 Å². The van der Waals surface area contributed by atoms with Gasteiger partial charge in [-0.15, -0.1) is 0 Å². The predicted molar refractivity (Wildman–Crippen MR) is 81.8 cm³/mol. The van der Waals surface area contributed by atoms with Crippen LogP contribution in [0.25, 0.3) is 0 Å². The Kier molecular flexibility index (Phi) is 3.58. The second kappa shape index (κ2) is 5.14. The highest BCUT2D eigenvalue weighted by Crippen LogP contribution is 2.52. The van der Waals surface area contributed by atoms with Gasteiger partial charge in [0.05, 0.1) is 21.7 Å². The minimum Gasteiger partial charge on any atom is -0.380 e. The zero-order chi connectivity index (χ0) is 15.2. The van der Waals surface area contributed by atoms with Crippen molar-refractivity contribution in [1.82, 2.24) is 0 Å². The average Bonchev–Trinajstić information content (AvgIpc) is 2.46. The fraction of sp³-hybridized carbons (Fsp3) is 0.600. The number of nitro groups is 1. The number of hydrogen-bond acceptors (Lipinski definition) is 4. The van der Waals surface area contributed by atoms with E-state index in [1.807, 2.05) is 0 Å². The van der Waals surface area contributed by atoms with E-state index in [0.29, 0.717) is 16.6 Å². The van der Waals surface area contributed by atoms with Crippen molar-refractivity contribution in [3.63, 3.8) is 0 Å². The summed E-state index contributed by atoms with van der Waals surface area (Å²) >= 11 is 6.18. The molecule has 2 aliphatic rings. The third kappa shape index (κ3) is 2.38. The Hall–Kier alpha value is -1.33. The maximum atomic E-state index is 10.9. The van der Waals surface area contributed by atoms with E-state index in [-0.39, 0.29) is 23.2 Å². The maximum Gasteiger partial charge on any atom is 0.271 e. The van der Waals surface area contributed by atoms with Crippen LogP contribution in [0.1, 0.15) is 26.7 Å². The molecule has 1 aromatic carbocycles. The third-order valence-electron chi connectivity index (χ3n) is 4.80. The average molecular weight is 311 g/mol. The second-order valence-electron chi connectivity index (χ2n) is 6.46. The first-order chi connectivity index (χ1) is 9.91. The van der Waals surface area contributed by atoms with Crippen molar-refractivity contribution in [3.05, 3.63) is 33.3 Å². The van der Waals surface area contributed by atoms with Crippen LogP contribution < -0.4 is 5.32 Å². The largest absolute Gasteiger partial charge is 0.380 e. The Balaban J connectivity index is 1.83. The number of anilines is 1. The zero-order valence-electron chi connectivity index (χ0n) is 12.1. The number of nitrogens with zero attached hydrogens (tertiary/aromatic N) is 1. The highest BCUT2D eigenvalue weighted by molar-refractivity contribution is 6.33. The lowest BCUT2D eigenvalue weighted by Gasteiger charge is -2.60. The van der Waals surface area contributed by atoms with Gasteiger partial charge in [-0.1, -0.05) is 25.4 Å². The van der Waals surface area contributed by atoms with E-state index in [0.717, 1.165) is 19.4 Å². The molecular weight excluding hydrogens is 292 g/mol. The number of non-ortho nitro benzene ring substituents is 1. The van der Waals surface area contributed by atoms with Crippen molar-refractivity contribution in [2.45, 2.75) is 38.8 Å². The van der Waals surface area contributed by atoms with Crippen LogP contribution in [-0.2, 0) is 4.74 Å². The molecule has 3 atom stereocenters. The van der Waals surface area contributed by atoms with Gasteiger partial charge >= 0.3 is 0 Å². The fourth-order valence-corrected chi connectivity index (χ4v) is 3.89. The number of halogens is 1. The van der Waals surface area contributed by atoms with Gasteiger partial charge in [-0.05, 0) is 18.9 Å². The fourth-order valence-electron chi connectivity index (χ4n) is 3.72. The number of hydrogen-bond donors (Lipinski definition) is 1. The molecular formula is C15H19ClN2O3. The lowest BCUT2D eigenvalue weighted by atomic mass is 9.55. The number of ether oxygens (including phenoxy) is 1. The third-order valence-corrected chi connectivity index (χ3v) is 5.13. The minimum absolute atomic E-state index is 0.000956. The van der Waals surface area contributed by atoms with Crippen LogP contribution in [0.4, 0.5) is 11.4 Å². The van der Waals surface area contributed by atoms with Crippen molar-refractivity contribution in [3.8, 4) is 0 Å². The molecule has 2 fully saturated rings. The van der Waals surface area contributed by atoms with E-state index in [9.17, 15) is 10.1 Å². The van der Waals surface area contributed by atoms with Crippen LogP contribution in [0, 0.1) is 21.4 Å².